The molecule has 0 fully saturated rings. The summed E-state index contributed by atoms with van der Waals surface area (Å²) in [5, 5.41) is 9.34. The number of phenolic OH excluding ortho intramolecular Hbond substituents is 1. The van der Waals surface area contributed by atoms with Crippen LogP contribution in [0.2, 0.25) is 0 Å². The van der Waals surface area contributed by atoms with E-state index in [9.17, 15) is 5.11 Å². The van der Waals surface area contributed by atoms with E-state index in [-0.39, 0.29) is 0 Å². The number of benzene rings is 3. The van der Waals surface area contributed by atoms with Gasteiger partial charge in [0.1, 0.15) is 5.75 Å². The van der Waals surface area contributed by atoms with Gasteiger partial charge in [0, 0.05) is 0 Å². The van der Waals surface area contributed by atoms with Crippen LogP contribution in [0.25, 0.3) is 22.3 Å². The minimum Gasteiger partial charge on any atom is -0.508 e. The Morgan fingerprint density at radius 3 is 1.63 bits per heavy atom. The van der Waals surface area contributed by atoms with Gasteiger partial charge in [-0.15, -0.1) is 0 Å². The van der Waals surface area contributed by atoms with E-state index in [2.05, 4.69) is 36.4 Å². The highest BCUT2D eigenvalue weighted by atomic mass is 16.3. The molecule has 1 nitrogen and oxygen atoms in total. The first-order chi connectivity index (χ1) is 9.33. The summed E-state index contributed by atoms with van der Waals surface area (Å²) < 4.78 is 0. The molecule has 0 amide bonds. The fraction of sp³-hybridized carbons (Fsp3) is 0. The molecule has 0 aromatic heterocycles. The van der Waals surface area contributed by atoms with Gasteiger partial charge in [-0.3, -0.25) is 0 Å². The Hall–Kier alpha value is -2.54. The van der Waals surface area contributed by atoms with Crippen LogP contribution in [0.5, 0.6) is 5.75 Å². The first kappa shape index (κ1) is 11.5. The first-order valence-corrected chi connectivity index (χ1v) is 6.28. The zero-order chi connectivity index (χ0) is 13.1. The van der Waals surface area contributed by atoms with E-state index in [1.807, 2.05) is 30.3 Å². The second-order valence-electron chi connectivity index (χ2n) is 4.49. The van der Waals surface area contributed by atoms with Crippen molar-refractivity contribution in [1.29, 1.82) is 0 Å². The van der Waals surface area contributed by atoms with Gasteiger partial charge in [0.05, 0.1) is 0 Å². The maximum Gasteiger partial charge on any atom is 0.115 e. The van der Waals surface area contributed by atoms with Gasteiger partial charge in [0.15, 0.2) is 0 Å². The molecule has 1 heteroatoms. The van der Waals surface area contributed by atoms with Crippen LogP contribution < -0.4 is 0 Å². The highest BCUT2D eigenvalue weighted by molar-refractivity contribution is 5.73. The molecule has 0 unspecified atom stereocenters. The second kappa shape index (κ2) is 4.99. The Balaban J connectivity index is 2.03. The maximum atomic E-state index is 9.34. The summed E-state index contributed by atoms with van der Waals surface area (Å²) in [6.07, 6.45) is 0. The summed E-state index contributed by atoms with van der Waals surface area (Å²) in [7, 11) is 0. The number of hydrogen-bond donors (Lipinski definition) is 1. The highest BCUT2D eigenvalue weighted by Gasteiger charge is 2.01. The average Bonchev–Trinajstić information content (AvgIpc) is 2.49. The maximum absolute atomic E-state index is 9.34. The van der Waals surface area contributed by atoms with Gasteiger partial charge in [-0.25, -0.2) is 0 Å². The quantitative estimate of drug-likeness (QED) is 0.693. The highest BCUT2D eigenvalue weighted by Crippen LogP contribution is 2.27. The zero-order valence-corrected chi connectivity index (χ0v) is 10.5. The number of hydrogen-bond acceptors (Lipinski definition) is 1. The molecule has 0 spiro atoms. The summed E-state index contributed by atoms with van der Waals surface area (Å²) in [4.78, 5) is 0. The third-order valence-electron chi connectivity index (χ3n) is 3.17. The fourth-order valence-corrected chi connectivity index (χ4v) is 2.16. The van der Waals surface area contributed by atoms with Crippen molar-refractivity contribution < 1.29 is 5.11 Å². The molecule has 0 bridgehead atoms. The Kier molecular flexibility index (Phi) is 3.03. The van der Waals surface area contributed by atoms with Crippen LogP contribution >= 0.6 is 0 Å². The number of rotatable bonds is 2. The van der Waals surface area contributed by atoms with Crippen LogP contribution in [0, 0.1) is 0 Å². The van der Waals surface area contributed by atoms with Crippen molar-refractivity contribution in [2.75, 3.05) is 0 Å². The van der Waals surface area contributed by atoms with Gasteiger partial charge in [-0.2, -0.15) is 0 Å². The normalized spacial score (nSPS) is 10.3. The minimum absolute atomic E-state index is 0.294. The minimum atomic E-state index is 0.294. The van der Waals surface area contributed by atoms with Crippen LogP contribution in [0.15, 0.2) is 78.9 Å². The molecule has 0 heterocycles. The molecule has 3 aromatic rings. The summed E-state index contributed by atoms with van der Waals surface area (Å²) in [5.74, 6) is 0.294. The van der Waals surface area contributed by atoms with Gasteiger partial charge >= 0.3 is 0 Å². The zero-order valence-electron chi connectivity index (χ0n) is 10.5. The Morgan fingerprint density at radius 1 is 0.474 bits per heavy atom. The van der Waals surface area contributed by atoms with Gasteiger partial charge in [0.2, 0.25) is 0 Å². The predicted molar refractivity (Wildman–Crippen MR) is 79.0 cm³/mol. The molecule has 0 aliphatic rings. The van der Waals surface area contributed by atoms with E-state index < -0.39 is 0 Å². The van der Waals surface area contributed by atoms with E-state index in [0.29, 0.717) is 5.75 Å². The predicted octanol–water partition coefficient (Wildman–Crippen LogP) is 4.73. The molecular formula is C18H14O. The largest absolute Gasteiger partial charge is 0.508 e. The number of phenols is 1. The summed E-state index contributed by atoms with van der Waals surface area (Å²) >= 11 is 0. The molecule has 0 radical (unpaired) electrons. The lowest BCUT2D eigenvalue weighted by Crippen LogP contribution is -1.80. The lowest BCUT2D eigenvalue weighted by atomic mass is 9.99. The van der Waals surface area contributed by atoms with Crippen molar-refractivity contribution in [2.45, 2.75) is 0 Å². The van der Waals surface area contributed by atoms with Gasteiger partial charge in [-0.1, -0.05) is 60.7 Å². The standard InChI is InChI=1S/C18H14O/c19-18-11-9-15(10-12-18)17-8-4-7-16(13-17)14-5-2-1-3-6-14/h1-13,19H. The molecule has 92 valence electrons. The lowest BCUT2D eigenvalue weighted by molar-refractivity contribution is 0.475. The Bertz CT molecular complexity index is 670. The number of aromatic hydroxyl groups is 1. The topological polar surface area (TPSA) is 20.2 Å². The van der Waals surface area contributed by atoms with Crippen molar-refractivity contribution >= 4 is 0 Å². The van der Waals surface area contributed by atoms with Crippen molar-refractivity contribution in [3.8, 4) is 28.0 Å². The molecule has 3 aromatic carbocycles. The van der Waals surface area contributed by atoms with E-state index in [4.69, 9.17) is 0 Å². The van der Waals surface area contributed by atoms with Crippen LogP contribution in [0.4, 0.5) is 0 Å². The molecule has 3 rings (SSSR count). The van der Waals surface area contributed by atoms with Crippen LogP contribution in [-0.4, -0.2) is 5.11 Å². The molecule has 0 saturated heterocycles. The van der Waals surface area contributed by atoms with E-state index in [1.165, 1.54) is 11.1 Å². The van der Waals surface area contributed by atoms with Crippen LogP contribution in [0.3, 0.4) is 0 Å². The molecular weight excluding hydrogens is 232 g/mol. The third kappa shape index (κ3) is 2.50. The SMILES string of the molecule is Oc1ccc(-c2cccc(-c3ccccc3)c2)cc1. The van der Waals surface area contributed by atoms with Crippen LogP contribution in [-0.2, 0) is 0 Å². The van der Waals surface area contributed by atoms with Crippen molar-refractivity contribution in [1.82, 2.24) is 0 Å². The summed E-state index contributed by atoms with van der Waals surface area (Å²) in [6.45, 7) is 0. The second-order valence-corrected chi connectivity index (χ2v) is 4.49. The van der Waals surface area contributed by atoms with Gasteiger partial charge in [-0.05, 0) is 40.5 Å². The van der Waals surface area contributed by atoms with Gasteiger partial charge < -0.3 is 5.11 Å². The third-order valence-corrected chi connectivity index (χ3v) is 3.17. The molecule has 0 aliphatic heterocycles. The molecule has 0 atom stereocenters. The first-order valence-electron chi connectivity index (χ1n) is 6.28. The Morgan fingerprint density at radius 2 is 1.00 bits per heavy atom. The Labute approximate surface area is 112 Å². The fourth-order valence-electron chi connectivity index (χ4n) is 2.16. The smallest absolute Gasteiger partial charge is 0.115 e. The van der Waals surface area contributed by atoms with E-state index in [1.54, 1.807) is 12.1 Å². The molecule has 0 aliphatic carbocycles. The molecule has 1 N–H and O–H groups in total. The summed E-state index contributed by atoms with van der Waals surface area (Å²) in [6, 6.07) is 26.0. The average molecular weight is 246 g/mol. The van der Waals surface area contributed by atoms with E-state index >= 15 is 0 Å². The summed E-state index contributed by atoms with van der Waals surface area (Å²) in [5.41, 5.74) is 4.67. The van der Waals surface area contributed by atoms with E-state index in [0.717, 1.165) is 11.1 Å². The van der Waals surface area contributed by atoms with Gasteiger partial charge in [0.25, 0.3) is 0 Å². The molecule has 19 heavy (non-hydrogen) atoms. The lowest BCUT2D eigenvalue weighted by Gasteiger charge is -2.06. The van der Waals surface area contributed by atoms with Crippen molar-refractivity contribution in [2.24, 2.45) is 0 Å². The molecule has 0 saturated carbocycles. The van der Waals surface area contributed by atoms with Crippen molar-refractivity contribution in [3.63, 3.8) is 0 Å². The van der Waals surface area contributed by atoms with Crippen LogP contribution in [0.1, 0.15) is 0 Å². The monoisotopic (exact) mass is 246 g/mol. The van der Waals surface area contributed by atoms with Crippen molar-refractivity contribution in [3.05, 3.63) is 78.9 Å².